The number of hydrogen-bond donors (Lipinski definition) is 1. The number of nitrogens with zero attached hydrogens (tertiary/aromatic N) is 4. The van der Waals surface area contributed by atoms with E-state index in [-0.39, 0.29) is 23.3 Å². The minimum atomic E-state index is -0.104. The molecule has 0 radical (unpaired) electrons. The molecule has 9 heteroatoms. The monoisotopic (exact) mass is 511 g/mol. The minimum Gasteiger partial charge on any atom is -0.376 e. The average molecular weight is 512 g/mol. The molecule has 0 saturated carbocycles. The number of hydrogen-bond acceptors (Lipinski definition) is 7. The fourth-order valence-electron chi connectivity index (χ4n) is 4.29. The molecule has 0 spiro atoms. The number of piperazine rings is 1. The first-order valence-corrected chi connectivity index (χ1v) is 13.7. The second-order valence-electron chi connectivity index (χ2n) is 10.5. The van der Waals surface area contributed by atoms with Gasteiger partial charge in [0.2, 0.25) is 5.91 Å². The van der Waals surface area contributed by atoms with Crippen LogP contribution in [0, 0.1) is 0 Å². The van der Waals surface area contributed by atoms with Gasteiger partial charge in [-0.2, -0.15) is 0 Å². The molecule has 2 aromatic rings. The summed E-state index contributed by atoms with van der Waals surface area (Å²) in [6, 6.07) is 9.80. The lowest BCUT2D eigenvalue weighted by Gasteiger charge is -2.35. The summed E-state index contributed by atoms with van der Waals surface area (Å²) in [7, 11) is 0. The van der Waals surface area contributed by atoms with Crippen LogP contribution in [0.1, 0.15) is 62.2 Å². The van der Waals surface area contributed by atoms with Crippen LogP contribution >= 0.6 is 11.8 Å². The number of amides is 2. The SMILES string of the molecule is CC(=O)N1CCN(c2cc(C(C)(C)C)nc(SCc3ccc(C(=O)NC[C@@H]4CCCO4)cc3)n2)CC1. The molecule has 0 bridgehead atoms. The Morgan fingerprint density at radius 1 is 1.11 bits per heavy atom. The molecule has 3 heterocycles. The zero-order chi connectivity index (χ0) is 25.7. The smallest absolute Gasteiger partial charge is 0.251 e. The highest BCUT2D eigenvalue weighted by atomic mass is 32.2. The normalized spacial score (nSPS) is 18.4. The first-order chi connectivity index (χ1) is 17.2. The quantitative estimate of drug-likeness (QED) is 0.449. The highest BCUT2D eigenvalue weighted by Gasteiger charge is 2.24. The number of benzene rings is 1. The lowest BCUT2D eigenvalue weighted by Crippen LogP contribution is -2.48. The van der Waals surface area contributed by atoms with E-state index in [9.17, 15) is 9.59 Å². The summed E-state index contributed by atoms with van der Waals surface area (Å²) >= 11 is 1.60. The number of rotatable bonds is 7. The zero-order valence-electron chi connectivity index (χ0n) is 21.7. The van der Waals surface area contributed by atoms with Crippen molar-refractivity contribution in [3.63, 3.8) is 0 Å². The third-order valence-corrected chi connectivity index (χ3v) is 7.53. The van der Waals surface area contributed by atoms with Gasteiger partial charge in [-0.1, -0.05) is 44.7 Å². The second-order valence-corrected chi connectivity index (χ2v) is 11.4. The molecule has 2 saturated heterocycles. The molecule has 2 aliphatic rings. The highest BCUT2D eigenvalue weighted by Crippen LogP contribution is 2.29. The average Bonchev–Trinajstić information content (AvgIpc) is 3.39. The van der Waals surface area contributed by atoms with E-state index in [0.29, 0.717) is 31.0 Å². The summed E-state index contributed by atoms with van der Waals surface area (Å²) in [6.07, 6.45) is 2.20. The number of anilines is 1. The molecule has 194 valence electrons. The lowest BCUT2D eigenvalue weighted by molar-refractivity contribution is -0.129. The minimum absolute atomic E-state index is 0.0690. The van der Waals surface area contributed by atoms with Gasteiger partial charge in [-0.3, -0.25) is 9.59 Å². The fraction of sp³-hybridized carbons (Fsp3) is 0.556. The third kappa shape index (κ3) is 6.97. The van der Waals surface area contributed by atoms with Crippen molar-refractivity contribution >= 4 is 29.4 Å². The lowest BCUT2D eigenvalue weighted by atomic mass is 9.92. The number of ether oxygens (including phenoxy) is 1. The predicted octanol–water partition coefficient (Wildman–Crippen LogP) is 3.64. The number of carbonyl (C=O) groups is 2. The van der Waals surface area contributed by atoms with E-state index in [4.69, 9.17) is 14.7 Å². The zero-order valence-corrected chi connectivity index (χ0v) is 22.6. The predicted molar refractivity (Wildman–Crippen MR) is 143 cm³/mol. The molecule has 1 aromatic carbocycles. The largest absolute Gasteiger partial charge is 0.376 e. The summed E-state index contributed by atoms with van der Waals surface area (Å²) in [6.45, 7) is 12.4. The van der Waals surface area contributed by atoms with E-state index in [0.717, 1.165) is 54.8 Å². The van der Waals surface area contributed by atoms with Gasteiger partial charge in [0, 0.05) is 69.1 Å². The second kappa shape index (κ2) is 11.6. The Labute approximate surface area is 218 Å². The van der Waals surface area contributed by atoms with Crippen molar-refractivity contribution in [2.24, 2.45) is 0 Å². The van der Waals surface area contributed by atoms with Gasteiger partial charge < -0.3 is 19.9 Å². The van der Waals surface area contributed by atoms with Gasteiger partial charge in [0.05, 0.1) is 11.8 Å². The maximum Gasteiger partial charge on any atom is 0.251 e. The molecule has 2 amide bonds. The summed E-state index contributed by atoms with van der Waals surface area (Å²) in [5.74, 6) is 1.68. The first kappa shape index (κ1) is 26.4. The van der Waals surface area contributed by atoms with Gasteiger partial charge in [-0.15, -0.1) is 0 Å². The van der Waals surface area contributed by atoms with Crippen LogP contribution < -0.4 is 10.2 Å². The van der Waals surface area contributed by atoms with E-state index < -0.39 is 0 Å². The number of nitrogens with one attached hydrogen (secondary N) is 1. The summed E-state index contributed by atoms with van der Waals surface area (Å²) in [5.41, 5.74) is 2.66. The summed E-state index contributed by atoms with van der Waals surface area (Å²) in [4.78, 5) is 38.0. The molecule has 0 aliphatic carbocycles. The van der Waals surface area contributed by atoms with Crippen LogP contribution in [0.15, 0.2) is 35.5 Å². The summed E-state index contributed by atoms with van der Waals surface area (Å²) < 4.78 is 5.57. The van der Waals surface area contributed by atoms with Crippen LogP contribution in [0.2, 0.25) is 0 Å². The van der Waals surface area contributed by atoms with E-state index >= 15 is 0 Å². The Hall–Kier alpha value is -2.65. The van der Waals surface area contributed by atoms with Gasteiger partial charge in [0.1, 0.15) is 5.82 Å². The Bertz CT molecular complexity index is 1060. The first-order valence-electron chi connectivity index (χ1n) is 12.7. The van der Waals surface area contributed by atoms with E-state index in [1.165, 1.54) is 0 Å². The van der Waals surface area contributed by atoms with Crippen molar-refractivity contribution in [3.05, 3.63) is 47.2 Å². The van der Waals surface area contributed by atoms with Crippen LogP contribution in [-0.2, 0) is 20.7 Å². The topological polar surface area (TPSA) is 87.7 Å². The Balaban J connectivity index is 1.39. The van der Waals surface area contributed by atoms with Gasteiger partial charge in [0.25, 0.3) is 5.91 Å². The maximum absolute atomic E-state index is 12.5. The number of carbonyl (C=O) groups excluding carboxylic acids is 2. The highest BCUT2D eigenvalue weighted by molar-refractivity contribution is 7.98. The van der Waals surface area contributed by atoms with Crippen LogP contribution in [-0.4, -0.2) is 72.1 Å². The molecule has 8 nitrogen and oxygen atoms in total. The van der Waals surface area contributed by atoms with Crippen molar-refractivity contribution in [2.45, 2.75) is 63.0 Å². The van der Waals surface area contributed by atoms with Gasteiger partial charge >= 0.3 is 0 Å². The van der Waals surface area contributed by atoms with E-state index in [1.54, 1.807) is 18.7 Å². The molecule has 0 unspecified atom stereocenters. The van der Waals surface area contributed by atoms with Gasteiger partial charge in [-0.25, -0.2) is 9.97 Å². The molecule has 2 fully saturated rings. The standard InChI is InChI=1S/C27H37N5O3S/c1-19(33)31-11-13-32(14-12-31)24-16-23(27(2,3)4)29-26(30-24)36-18-20-7-9-21(10-8-20)25(34)28-17-22-6-5-15-35-22/h7-10,16,22H,5-6,11-15,17-18H2,1-4H3,(H,28,34)/t22-/m0/s1. The molecule has 2 aliphatic heterocycles. The van der Waals surface area contributed by atoms with Crippen LogP contribution in [0.25, 0.3) is 0 Å². The third-order valence-electron chi connectivity index (χ3n) is 6.61. The molecule has 1 atom stereocenters. The Kier molecular flexibility index (Phi) is 8.51. The van der Waals surface area contributed by atoms with Gasteiger partial charge in [0.15, 0.2) is 5.16 Å². The Morgan fingerprint density at radius 2 is 1.83 bits per heavy atom. The van der Waals surface area contributed by atoms with Crippen LogP contribution in [0.3, 0.4) is 0 Å². The van der Waals surface area contributed by atoms with Crippen molar-refractivity contribution in [1.29, 1.82) is 0 Å². The molecular weight excluding hydrogens is 474 g/mol. The van der Waals surface area contributed by atoms with Crippen molar-refractivity contribution in [1.82, 2.24) is 20.2 Å². The molecule has 36 heavy (non-hydrogen) atoms. The van der Waals surface area contributed by atoms with Crippen LogP contribution in [0.5, 0.6) is 0 Å². The fourth-order valence-corrected chi connectivity index (χ4v) is 5.10. The molecular formula is C27H37N5O3S. The van der Waals surface area contributed by atoms with E-state index in [2.05, 4.69) is 37.1 Å². The van der Waals surface area contributed by atoms with Gasteiger partial charge in [-0.05, 0) is 30.5 Å². The van der Waals surface area contributed by atoms with E-state index in [1.807, 2.05) is 29.2 Å². The molecule has 4 rings (SSSR count). The van der Waals surface area contributed by atoms with Crippen molar-refractivity contribution < 1.29 is 14.3 Å². The van der Waals surface area contributed by atoms with Crippen molar-refractivity contribution in [2.75, 3.05) is 44.2 Å². The number of aromatic nitrogens is 2. The van der Waals surface area contributed by atoms with Crippen molar-refractivity contribution in [3.8, 4) is 0 Å². The Morgan fingerprint density at radius 3 is 2.44 bits per heavy atom. The molecule has 1 aromatic heterocycles. The van der Waals surface area contributed by atoms with Crippen LogP contribution in [0.4, 0.5) is 5.82 Å². The number of thioether (sulfide) groups is 1. The summed E-state index contributed by atoms with van der Waals surface area (Å²) in [5, 5.41) is 3.71. The molecule has 1 N–H and O–H groups in total. The maximum atomic E-state index is 12.5.